The molecule has 0 saturated carbocycles. The molecular weight excluding hydrogens is 292 g/mol. The van der Waals surface area contributed by atoms with E-state index in [-0.39, 0.29) is 30.7 Å². The number of aliphatic carboxylic acids is 2. The molecule has 1 aliphatic rings. The maximum Gasteiger partial charge on any atom is 0.326 e. The molecule has 4 N–H and O–H groups in total. The highest BCUT2D eigenvalue weighted by molar-refractivity contribution is 6.02. The lowest BCUT2D eigenvalue weighted by atomic mass is 10.1. The fourth-order valence-corrected chi connectivity index (χ4v) is 2.14. The van der Waals surface area contributed by atoms with Crippen LogP contribution in [0.3, 0.4) is 0 Å². The summed E-state index contributed by atoms with van der Waals surface area (Å²) in [6.45, 7) is 0. The molecule has 116 valence electrons. The molecule has 1 aliphatic heterocycles. The van der Waals surface area contributed by atoms with Crippen LogP contribution in [-0.2, 0) is 20.8 Å². The van der Waals surface area contributed by atoms with Gasteiger partial charge < -0.3 is 20.8 Å². The smallest absolute Gasteiger partial charge is 0.326 e. The van der Waals surface area contributed by atoms with Gasteiger partial charge in [-0.2, -0.15) is 0 Å². The Labute approximate surface area is 125 Å². The third kappa shape index (κ3) is 3.60. The Morgan fingerprint density at radius 2 is 2.00 bits per heavy atom. The van der Waals surface area contributed by atoms with Crippen LogP contribution < -0.4 is 10.6 Å². The van der Waals surface area contributed by atoms with Crippen LogP contribution >= 0.6 is 0 Å². The molecule has 2 amide bonds. The Morgan fingerprint density at radius 3 is 2.64 bits per heavy atom. The van der Waals surface area contributed by atoms with Crippen LogP contribution in [0.4, 0.5) is 5.69 Å². The maximum atomic E-state index is 12.1. The Hall–Kier alpha value is -2.90. The van der Waals surface area contributed by atoms with Gasteiger partial charge in [0.25, 0.3) is 5.91 Å². The zero-order valence-electron chi connectivity index (χ0n) is 11.5. The van der Waals surface area contributed by atoms with Gasteiger partial charge in [-0.05, 0) is 30.2 Å². The minimum absolute atomic E-state index is 0.165. The summed E-state index contributed by atoms with van der Waals surface area (Å²) in [4.78, 5) is 44.9. The summed E-state index contributed by atoms with van der Waals surface area (Å²) in [6.07, 6.45) is -0.404. The molecule has 2 rings (SSSR count). The summed E-state index contributed by atoms with van der Waals surface area (Å²) < 4.78 is 0. The van der Waals surface area contributed by atoms with Crippen molar-refractivity contribution in [3.8, 4) is 0 Å². The molecule has 0 saturated heterocycles. The second-order valence-corrected chi connectivity index (χ2v) is 4.89. The van der Waals surface area contributed by atoms with E-state index in [4.69, 9.17) is 10.2 Å². The number of amides is 2. The van der Waals surface area contributed by atoms with Crippen molar-refractivity contribution < 1.29 is 29.4 Å². The van der Waals surface area contributed by atoms with Gasteiger partial charge in [0.05, 0.1) is 6.42 Å². The molecule has 8 nitrogen and oxygen atoms in total. The fraction of sp³-hybridized carbons (Fsp3) is 0.286. The summed E-state index contributed by atoms with van der Waals surface area (Å²) >= 11 is 0. The largest absolute Gasteiger partial charge is 0.481 e. The Morgan fingerprint density at radius 1 is 1.27 bits per heavy atom. The summed E-state index contributed by atoms with van der Waals surface area (Å²) in [5, 5.41) is 22.5. The molecule has 0 spiro atoms. The molecule has 0 unspecified atom stereocenters. The Balaban J connectivity index is 2.07. The van der Waals surface area contributed by atoms with Gasteiger partial charge in [0.1, 0.15) is 6.04 Å². The standard InChI is InChI=1S/C14H14N2O6/c17-11-6-8-5-7(1-2-9(8)15-11)13(20)16-10(14(21)22)3-4-12(18)19/h1-2,5,10H,3-4,6H2,(H,15,17)(H,16,20)(H,18,19)(H,21,22)/t10-/m0/s1. The highest BCUT2D eigenvalue weighted by atomic mass is 16.4. The van der Waals surface area contributed by atoms with Crippen LogP contribution in [0.1, 0.15) is 28.8 Å². The van der Waals surface area contributed by atoms with Crippen molar-refractivity contribution in [2.24, 2.45) is 0 Å². The van der Waals surface area contributed by atoms with E-state index in [1.165, 1.54) is 12.1 Å². The van der Waals surface area contributed by atoms with E-state index in [0.717, 1.165) is 0 Å². The zero-order chi connectivity index (χ0) is 16.3. The molecule has 1 atom stereocenters. The van der Waals surface area contributed by atoms with Crippen molar-refractivity contribution in [3.63, 3.8) is 0 Å². The van der Waals surface area contributed by atoms with Crippen LogP contribution in [0.15, 0.2) is 18.2 Å². The van der Waals surface area contributed by atoms with Gasteiger partial charge in [-0.3, -0.25) is 14.4 Å². The number of anilines is 1. The molecule has 0 aromatic heterocycles. The highest BCUT2D eigenvalue weighted by Crippen LogP contribution is 2.23. The molecule has 0 radical (unpaired) electrons. The first kappa shape index (κ1) is 15.5. The fourth-order valence-electron chi connectivity index (χ4n) is 2.14. The molecule has 0 bridgehead atoms. The number of carboxylic acids is 2. The molecular formula is C14H14N2O6. The number of hydrogen-bond donors (Lipinski definition) is 4. The molecule has 1 aromatic carbocycles. The number of carbonyl (C=O) groups is 4. The minimum Gasteiger partial charge on any atom is -0.481 e. The van der Waals surface area contributed by atoms with Gasteiger partial charge >= 0.3 is 11.9 Å². The first-order valence-corrected chi connectivity index (χ1v) is 6.55. The van der Waals surface area contributed by atoms with E-state index in [0.29, 0.717) is 11.3 Å². The van der Waals surface area contributed by atoms with Crippen molar-refractivity contribution in [2.45, 2.75) is 25.3 Å². The van der Waals surface area contributed by atoms with Gasteiger partial charge in [0, 0.05) is 17.7 Å². The van der Waals surface area contributed by atoms with E-state index >= 15 is 0 Å². The molecule has 22 heavy (non-hydrogen) atoms. The van der Waals surface area contributed by atoms with Gasteiger partial charge in [0.15, 0.2) is 0 Å². The molecule has 0 fully saturated rings. The SMILES string of the molecule is O=C(O)CC[C@H](NC(=O)c1ccc2c(c1)CC(=O)N2)C(=O)O. The number of carbonyl (C=O) groups excluding carboxylic acids is 2. The summed E-state index contributed by atoms with van der Waals surface area (Å²) in [5.41, 5.74) is 1.51. The summed E-state index contributed by atoms with van der Waals surface area (Å²) in [6, 6.07) is 3.27. The van der Waals surface area contributed by atoms with E-state index in [1.807, 2.05) is 0 Å². The number of hydrogen-bond acceptors (Lipinski definition) is 4. The van der Waals surface area contributed by atoms with Crippen molar-refractivity contribution in [1.82, 2.24) is 5.32 Å². The number of nitrogens with one attached hydrogen (secondary N) is 2. The third-order valence-electron chi connectivity index (χ3n) is 3.24. The predicted octanol–water partition coefficient (Wildman–Crippen LogP) is 0.229. The topological polar surface area (TPSA) is 133 Å². The van der Waals surface area contributed by atoms with Crippen LogP contribution in [-0.4, -0.2) is 40.0 Å². The van der Waals surface area contributed by atoms with Crippen LogP contribution in [0, 0.1) is 0 Å². The van der Waals surface area contributed by atoms with Crippen molar-refractivity contribution in [3.05, 3.63) is 29.3 Å². The van der Waals surface area contributed by atoms with Gasteiger partial charge in [-0.1, -0.05) is 0 Å². The number of fused-ring (bicyclic) bond motifs is 1. The van der Waals surface area contributed by atoms with Gasteiger partial charge in [0.2, 0.25) is 5.91 Å². The van der Waals surface area contributed by atoms with Gasteiger partial charge in [-0.15, -0.1) is 0 Å². The quantitative estimate of drug-likeness (QED) is 0.594. The third-order valence-corrected chi connectivity index (χ3v) is 3.24. The lowest BCUT2D eigenvalue weighted by molar-refractivity contribution is -0.140. The zero-order valence-corrected chi connectivity index (χ0v) is 11.5. The van der Waals surface area contributed by atoms with Crippen molar-refractivity contribution in [1.29, 1.82) is 0 Å². The van der Waals surface area contributed by atoms with E-state index in [1.54, 1.807) is 6.07 Å². The Kier molecular flexibility index (Phi) is 4.40. The first-order chi connectivity index (χ1) is 10.4. The molecule has 0 aliphatic carbocycles. The lowest BCUT2D eigenvalue weighted by Crippen LogP contribution is -2.41. The normalized spacial score (nSPS) is 13.9. The van der Waals surface area contributed by atoms with Crippen LogP contribution in [0.5, 0.6) is 0 Å². The molecule has 1 heterocycles. The highest BCUT2D eigenvalue weighted by Gasteiger charge is 2.23. The van der Waals surface area contributed by atoms with E-state index < -0.39 is 23.9 Å². The predicted molar refractivity (Wildman–Crippen MR) is 74.5 cm³/mol. The van der Waals surface area contributed by atoms with Crippen molar-refractivity contribution >= 4 is 29.4 Å². The number of benzene rings is 1. The number of carboxylic acid groups (broad SMARTS) is 2. The average molecular weight is 306 g/mol. The molecule has 8 heteroatoms. The van der Waals surface area contributed by atoms with E-state index in [9.17, 15) is 19.2 Å². The number of rotatable bonds is 6. The van der Waals surface area contributed by atoms with E-state index in [2.05, 4.69) is 10.6 Å². The van der Waals surface area contributed by atoms with Crippen LogP contribution in [0.2, 0.25) is 0 Å². The maximum absolute atomic E-state index is 12.1. The molecule has 1 aromatic rings. The van der Waals surface area contributed by atoms with Crippen LogP contribution in [0.25, 0.3) is 0 Å². The Bertz CT molecular complexity index is 655. The second-order valence-electron chi connectivity index (χ2n) is 4.89. The minimum atomic E-state index is -1.30. The monoisotopic (exact) mass is 306 g/mol. The average Bonchev–Trinajstić information content (AvgIpc) is 2.81. The summed E-state index contributed by atoms with van der Waals surface area (Å²) in [7, 11) is 0. The van der Waals surface area contributed by atoms with Gasteiger partial charge in [-0.25, -0.2) is 4.79 Å². The first-order valence-electron chi connectivity index (χ1n) is 6.55. The summed E-state index contributed by atoms with van der Waals surface area (Å²) in [5.74, 6) is -3.23. The van der Waals surface area contributed by atoms with Crippen molar-refractivity contribution in [2.75, 3.05) is 5.32 Å². The second kappa shape index (κ2) is 6.25. The lowest BCUT2D eigenvalue weighted by Gasteiger charge is -2.14.